The van der Waals surface area contributed by atoms with Crippen LogP contribution in [-0.2, 0) is 0 Å². The van der Waals surface area contributed by atoms with Crippen molar-refractivity contribution in [1.29, 1.82) is 0 Å². The van der Waals surface area contributed by atoms with Crippen molar-refractivity contribution in [3.05, 3.63) is 23.8 Å². The number of hydrogen-bond acceptors (Lipinski definition) is 6. The standard InChI is InChI=1S/C12H16N6O2.2H2O/c1-7(2)15-17-11(19)9-5-14-10(6-13-9)12(20)18-16-8(3)4;;/h5-6H,1-4H3,(H,17,19)(H,18,20);2*1H2. The average Bonchev–Trinajstić information content (AvgIpc) is 2.42. The van der Waals surface area contributed by atoms with E-state index in [-0.39, 0.29) is 22.3 Å². The smallest absolute Gasteiger partial charge is 0.291 e. The van der Waals surface area contributed by atoms with Gasteiger partial charge in [0.2, 0.25) is 0 Å². The van der Waals surface area contributed by atoms with Gasteiger partial charge in [-0.2, -0.15) is 10.2 Å². The maximum atomic E-state index is 11.6. The number of carbonyl (C=O) groups is 2. The SMILES string of the molecule is CC(C)=NNC(=O)c1cnc(C(=O)NN=C(C)C)cn1.O.O. The molecular formula is C12H20N6O4. The number of rotatable bonds is 4. The van der Waals surface area contributed by atoms with Gasteiger partial charge in [-0.25, -0.2) is 20.8 Å². The minimum atomic E-state index is -0.493. The van der Waals surface area contributed by atoms with Crippen LogP contribution in [0, 0.1) is 0 Å². The second-order valence-electron chi connectivity index (χ2n) is 4.29. The predicted octanol–water partition coefficient (Wildman–Crippen LogP) is -0.922. The van der Waals surface area contributed by atoms with Crippen LogP contribution in [0.5, 0.6) is 0 Å². The van der Waals surface area contributed by atoms with E-state index in [1.165, 1.54) is 12.4 Å². The molecule has 0 bridgehead atoms. The van der Waals surface area contributed by atoms with Crippen molar-refractivity contribution < 1.29 is 20.5 Å². The van der Waals surface area contributed by atoms with Crippen LogP contribution < -0.4 is 10.9 Å². The summed E-state index contributed by atoms with van der Waals surface area (Å²) in [6, 6.07) is 0. The zero-order valence-corrected chi connectivity index (χ0v) is 12.8. The number of carbonyl (C=O) groups excluding carboxylic acids is 2. The Morgan fingerprint density at radius 1 is 0.818 bits per heavy atom. The van der Waals surface area contributed by atoms with E-state index in [4.69, 9.17) is 0 Å². The largest absolute Gasteiger partial charge is 0.412 e. The fourth-order valence-electron chi connectivity index (χ4n) is 1.00. The van der Waals surface area contributed by atoms with E-state index < -0.39 is 11.8 Å². The molecule has 1 aromatic heterocycles. The van der Waals surface area contributed by atoms with Gasteiger partial charge in [0, 0.05) is 11.4 Å². The summed E-state index contributed by atoms with van der Waals surface area (Å²) >= 11 is 0. The molecule has 0 unspecified atom stereocenters. The highest BCUT2D eigenvalue weighted by Crippen LogP contribution is 1.96. The second-order valence-corrected chi connectivity index (χ2v) is 4.29. The van der Waals surface area contributed by atoms with Gasteiger partial charge in [0.25, 0.3) is 11.8 Å². The van der Waals surface area contributed by atoms with Crippen LogP contribution in [0.4, 0.5) is 0 Å². The molecule has 0 fully saturated rings. The van der Waals surface area contributed by atoms with Gasteiger partial charge < -0.3 is 11.0 Å². The first-order chi connectivity index (χ1) is 9.40. The predicted molar refractivity (Wildman–Crippen MR) is 81.8 cm³/mol. The van der Waals surface area contributed by atoms with Crippen LogP contribution in [0.3, 0.4) is 0 Å². The molecular weight excluding hydrogens is 292 g/mol. The third-order valence-electron chi connectivity index (χ3n) is 1.88. The molecule has 0 aromatic carbocycles. The monoisotopic (exact) mass is 312 g/mol. The zero-order chi connectivity index (χ0) is 15.1. The Morgan fingerprint density at radius 3 is 1.36 bits per heavy atom. The fraction of sp³-hybridized carbons (Fsp3) is 0.333. The molecule has 1 aromatic rings. The zero-order valence-electron chi connectivity index (χ0n) is 12.8. The molecule has 6 N–H and O–H groups in total. The first kappa shape index (κ1) is 21.6. The van der Waals surface area contributed by atoms with Crippen molar-refractivity contribution in [3.63, 3.8) is 0 Å². The molecule has 22 heavy (non-hydrogen) atoms. The molecule has 0 saturated carbocycles. The Labute approximate surface area is 127 Å². The van der Waals surface area contributed by atoms with E-state index in [1.54, 1.807) is 27.7 Å². The lowest BCUT2D eigenvalue weighted by atomic mass is 10.4. The summed E-state index contributed by atoms with van der Waals surface area (Å²) in [6.45, 7) is 6.98. The lowest BCUT2D eigenvalue weighted by Crippen LogP contribution is -2.23. The van der Waals surface area contributed by atoms with Gasteiger partial charge in [-0.1, -0.05) is 0 Å². The fourth-order valence-corrected chi connectivity index (χ4v) is 1.00. The highest BCUT2D eigenvalue weighted by atomic mass is 16.2. The quantitative estimate of drug-likeness (QED) is 0.540. The number of aromatic nitrogens is 2. The molecule has 0 atom stereocenters. The van der Waals surface area contributed by atoms with E-state index >= 15 is 0 Å². The lowest BCUT2D eigenvalue weighted by molar-refractivity contribution is 0.0935. The van der Waals surface area contributed by atoms with Gasteiger partial charge in [-0.15, -0.1) is 0 Å². The maximum Gasteiger partial charge on any atom is 0.291 e. The van der Waals surface area contributed by atoms with Crippen molar-refractivity contribution in [2.45, 2.75) is 27.7 Å². The third kappa shape index (κ3) is 7.17. The molecule has 0 radical (unpaired) electrons. The molecule has 2 amide bonds. The topological polar surface area (TPSA) is 172 Å². The summed E-state index contributed by atoms with van der Waals surface area (Å²) in [7, 11) is 0. The van der Waals surface area contributed by atoms with Crippen LogP contribution in [0.25, 0.3) is 0 Å². The first-order valence-electron chi connectivity index (χ1n) is 5.84. The number of hydrazone groups is 2. The number of hydrogen-bond donors (Lipinski definition) is 2. The third-order valence-corrected chi connectivity index (χ3v) is 1.88. The number of amides is 2. The van der Waals surface area contributed by atoms with E-state index in [0.29, 0.717) is 11.4 Å². The highest BCUT2D eigenvalue weighted by Gasteiger charge is 2.10. The molecule has 0 aliphatic carbocycles. The molecule has 0 saturated heterocycles. The van der Waals surface area contributed by atoms with Gasteiger partial charge in [-0.3, -0.25) is 9.59 Å². The summed E-state index contributed by atoms with van der Waals surface area (Å²) in [5.41, 5.74) is 6.17. The Balaban J connectivity index is 0. The Hall–Kier alpha value is -2.72. The maximum absolute atomic E-state index is 11.6. The summed E-state index contributed by atoms with van der Waals surface area (Å²) in [5, 5.41) is 7.52. The Bertz CT molecular complexity index is 508. The number of nitrogens with one attached hydrogen (secondary N) is 2. The molecule has 0 aliphatic rings. The highest BCUT2D eigenvalue weighted by molar-refractivity contribution is 5.95. The molecule has 122 valence electrons. The minimum Gasteiger partial charge on any atom is -0.412 e. The van der Waals surface area contributed by atoms with E-state index in [1.807, 2.05) is 0 Å². The normalized spacial score (nSPS) is 8.55. The van der Waals surface area contributed by atoms with Crippen LogP contribution in [0.15, 0.2) is 22.6 Å². The van der Waals surface area contributed by atoms with E-state index in [0.717, 1.165) is 0 Å². The van der Waals surface area contributed by atoms with Crippen LogP contribution in [-0.4, -0.2) is 44.2 Å². The van der Waals surface area contributed by atoms with Crippen molar-refractivity contribution in [1.82, 2.24) is 20.8 Å². The molecule has 0 spiro atoms. The van der Waals surface area contributed by atoms with Crippen molar-refractivity contribution in [2.75, 3.05) is 0 Å². The van der Waals surface area contributed by atoms with Crippen molar-refractivity contribution >= 4 is 23.2 Å². The van der Waals surface area contributed by atoms with Gasteiger partial charge in [0.05, 0.1) is 12.4 Å². The van der Waals surface area contributed by atoms with Crippen LogP contribution in [0.1, 0.15) is 48.7 Å². The van der Waals surface area contributed by atoms with Crippen molar-refractivity contribution in [3.8, 4) is 0 Å². The Kier molecular flexibility index (Phi) is 9.88. The second kappa shape index (κ2) is 10.1. The van der Waals surface area contributed by atoms with Gasteiger partial charge in [0.1, 0.15) is 11.4 Å². The summed E-state index contributed by atoms with van der Waals surface area (Å²) < 4.78 is 0. The minimum absolute atomic E-state index is 0. The van der Waals surface area contributed by atoms with Gasteiger partial charge in [0.15, 0.2) is 0 Å². The summed E-state index contributed by atoms with van der Waals surface area (Å²) in [5.74, 6) is -0.985. The Morgan fingerprint density at radius 2 is 1.14 bits per heavy atom. The summed E-state index contributed by atoms with van der Waals surface area (Å²) in [4.78, 5) is 30.9. The average molecular weight is 312 g/mol. The molecule has 1 heterocycles. The lowest BCUT2D eigenvalue weighted by Gasteiger charge is -2.01. The van der Waals surface area contributed by atoms with Gasteiger partial charge in [-0.05, 0) is 27.7 Å². The van der Waals surface area contributed by atoms with Crippen LogP contribution in [0.2, 0.25) is 0 Å². The number of nitrogens with zero attached hydrogens (tertiary/aromatic N) is 4. The molecule has 1 rings (SSSR count). The molecule has 10 nitrogen and oxygen atoms in total. The molecule has 10 heteroatoms. The van der Waals surface area contributed by atoms with Crippen LogP contribution >= 0.6 is 0 Å². The van der Waals surface area contributed by atoms with Gasteiger partial charge >= 0.3 is 0 Å². The van der Waals surface area contributed by atoms with Crippen molar-refractivity contribution in [2.24, 2.45) is 10.2 Å². The summed E-state index contributed by atoms with van der Waals surface area (Å²) in [6.07, 6.45) is 2.40. The first-order valence-corrected chi connectivity index (χ1v) is 5.84. The van der Waals surface area contributed by atoms with E-state index in [2.05, 4.69) is 31.0 Å². The molecule has 0 aliphatic heterocycles. The van der Waals surface area contributed by atoms with E-state index in [9.17, 15) is 9.59 Å².